The van der Waals surface area contributed by atoms with Gasteiger partial charge in [0.1, 0.15) is 24.1 Å². The molecule has 0 unspecified atom stereocenters. The molecule has 4 heteroatoms. The lowest BCUT2D eigenvalue weighted by atomic mass is 10.1. The highest BCUT2D eigenvalue weighted by molar-refractivity contribution is 5.83. The van der Waals surface area contributed by atoms with Gasteiger partial charge in [0.2, 0.25) is 0 Å². The molecule has 20 heavy (non-hydrogen) atoms. The van der Waals surface area contributed by atoms with E-state index < -0.39 is 0 Å². The Bertz CT molecular complexity index is 547. The fraction of sp³-hybridized carbons (Fsp3) is 0.125. The van der Waals surface area contributed by atoms with E-state index in [4.69, 9.17) is 9.84 Å². The van der Waals surface area contributed by atoms with E-state index in [0.717, 1.165) is 12.7 Å². The zero-order valence-corrected chi connectivity index (χ0v) is 11.4. The van der Waals surface area contributed by atoms with E-state index in [1.165, 1.54) is 6.07 Å². The van der Waals surface area contributed by atoms with Crippen molar-refractivity contribution in [3.05, 3.63) is 59.2 Å². The van der Waals surface area contributed by atoms with Crippen molar-refractivity contribution in [2.45, 2.75) is 6.92 Å². The van der Waals surface area contributed by atoms with Gasteiger partial charge in [0, 0.05) is 18.2 Å². The molecule has 104 valence electrons. The smallest absolute Gasteiger partial charge is 0.150 e. The molecule has 0 heterocycles. The van der Waals surface area contributed by atoms with Gasteiger partial charge in [0.15, 0.2) is 0 Å². The van der Waals surface area contributed by atoms with Crippen molar-refractivity contribution in [3.8, 4) is 11.5 Å². The predicted octanol–water partition coefficient (Wildman–Crippen LogP) is 3.02. The van der Waals surface area contributed by atoms with Gasteiger partial charge < -0.3 is 9.84 Å². The molecule has 0 saturated carbocycles. The molecule has 0 spiro atoms. The first-order valence-corrected chi connectivity index (χ1v) is 5.96. The Hall–Kier alpha value is -2.46. The van der Waals surface area contributed by atoms with E-state index in [9.17, 15) is 9.59 Å². The molecule has 0 fully saturated rings. The molecule has 0 aliphatic heterocycles. The molecule has 2 aromatic rings. The van der Waals surface area contributed by atoms with E-state index in [1.54, 1.807) is 12.1 Å². The molecule has 0 aliphatic carbocycles. The van der Waals surface area contributed by atoms with E-state index in [1.807, 2.05) is 31.2 Å². The minimum Gasteiger partial charge on any atom is -0.457 e. The van der Waals surface area contributed by atoms with Crippen molar-refractivity contribution in [1.29, 1.82) is 0 Å². The molecule has 4 nitrogen and oxygen atoms in total. The maximum absolute atomic E-state index is 10.8. The Morgan fingerprint density at radius 1 is 0.850 bits per heavy atom. The number of aldehydes is 2. The number of aliphatic hydroxyl groups excluding tert-OH is 1. The van der Waals surface area contributed by atoms with Crippen molar-refractivity contribution in [1.82, 2.24) is 0 Å². The molecular formula is C16H16O4. The summed E-state index contributed by atoms with van der Waals surface area (Å²) in [4.78, 5) is 21.5. The fourth-order valence-corrected chi connectivity index (χ4v) is 1.58. The summed E-state index contributed by atoms with van der Waals surface area (Å²) in [6.07, 6.45) is 1.38. The number of benzene rings is 2. The van der Waals surface area contributed by atoms with Crippen molar-refractivity contribution < 1.29 is 19.4 Å². The minimum atomic E-state index is 0.418. The molecule has 0 bridgehead atoms. The summed E-state index contributed by atoms with van der Waals surface area (Å²) < 4.78 is 5.60. The first-order valence-electron chi connectivity index (χ1n) is 5.96. The Labute approximate surface area is 117 Å². The topological polar surface area (TPSA) is 63.6 Å². The average molecular weight is 272 g/mol. The van der Waals surface area contributed by atoms with Crippen LogP contribution < -0.4 is 4.74 Å². The number of hydrogen-bond acceptors (Lipinski definition) is 4. The molecule has 2 rings (SSSR count). The number of hydrogen-bond donors (Lipinski definition) is 1. The summed E-state index contributed by atoms with van der Waals surface area (Å²) >= 11 is 0. The van der Waals surface area contributed by atoms with Gasteiger partial charge in [-0.25, -0.2) is 0 Å². The van der Waals surface area contributed by atoms with Gasteiger partial charge >= 0.3 is 0 Å². The number of rotatable bonds is 4. The van der Waals surface area contributed by atoms with Crippen molar-refractivity contribution in [2.75, 3.05) is 7.11 Å². The van der Waals surface area contributed by atoms with Crippen LogP contribution in [0.4, 0.5) is 0 Å². The highest BCUT2D eigenvalue weighted by Crippen LogP contribution is 2.23. The van der Waals surface area contributed by atoms with Gasteiger partial charge in [0.05, 0.1) is 0 Å². The van der Waals surface area contributed by atoms with E-state index in [0.29, 0.717) is 35.2 Å². The second-order valence-electron chi connectivity index (χ2n) is 3.99. The SMILES string of the molecule is CO.Cc1ccc(Oc2cc(C=O)cc(C=O)c2)cc1. The standard InChI is InChI=1S/C15H12O3.CH4O/c1-11-2-4-14(5-3-11)18-15-7-12(9-16)6-13(8-15)10-17;1-2/h2-10H,1H3;2H,1H3. The predicted molar refractivity (Wildman–Crippen MR) is 76.6 cm³/mol. The molecular weight excluding hydrogens is 256 g/mol. The maximum atomic E-state index is 10.8. The van der Waals surface area contributed by atoms with Crippen LogP contribution in [0.5, 0.6) is 11.5 Å². The average Bonchev–Trinajstić information content (AvgIpc) is 2.51. The highest BCUT2D eigenvalue weighted by atomic mass is 16.5. The third-order valence-electron chi connectivity index (χ3n) is 2.48. The van der Waals surface area contributed by atoms with Crippen LogP contribution in [0, 0.1) is 6.92 Å². The van der Waals surface area contributed by atoms with Gasteiger partial charge in [0.25, 0.3) is 0 Å². The fourth-order valence-electron chi connectivity index (χ4n) is 1.58. The quantitative estimate of drug-likeness (QED) is 0.869. The van der Waals surface area contributed by atoms with Gasteiger partial charge in [-0.3, -0.25) is 9.59 Å². The normalized spacial score (nSPS) is 9.15. The zero-order valence-electron chi connectivity index (χ0n) is 11.4. The van der Waals surface area contributed by atoms with Gasteiger partial charge in [-0.05, 0) is 37.3 Å². The Balaban J connectivity index is 0.000000956. The van der Waals surface area contributed by atoms with Crippen LogP contribution in [-0.4, -0.2) is 24.8 Å². The van der Waals surface area contributed by atoms with Crippen LogP contribution in [0.25, 0.3) is 0 Å². The lowest BCUT2D eigenvalue weighted by Crippen LogP contribution is -1.90. The second kappa shape index (κ2) is 7.86. The first kappa shape index (κ1) is 15.6. The Morgan fingerprint density at radius 2 is 1.35 bits per heavy atom. The third kappa shape index (κ3) is 4.33. The summed E-state index contributed by atoms with van der Waals surface area (Å²) in [5, 5.41) is 7.00. The molecule has 0 radical (unpaired) electrons. The molecule has 0 saturated heterocycles. The van der Waals surface area contributed by atoms with E-state index in [-0.39, 0.29) is 0 Å². The number of aryl methyl sites for hydroxylation is 1. The maximum Gasteiger partial charge on any atom is 0.150 e. The number of carbonyl (C=O) groups is 2. The zero-order chi connectivity index (χ0) is 15.0. The van der Waals surface area contributed by atoms with Crippen LogP contribution in [0.2, 0.25) is 0 Å². The van der Waals surface area contributed by atoms with E-state index in [2.05, 4.69) is 0 Å². The summed E-state index contributed by atoms with van der Waals surface area (Å²) in [6, 6.07) is 12.2. The lowest BCUT2D eigenvalue weighted by Gasteiger charge is -2.07. The van der Waals surface area contributed by atoms with Crippen LogP contribution >= 0.6 is 0 Å². The summed E-state index contributed by atoms with van der Waals surface area (Å²) in [5.41, 5.74) is 1.97. The van der Waals surface area contributed by atoms with Gasteiger partial charge in [-0.2, -0.15) is 0 Å². The monoisotopic (exact) mass is 272 g/mol. The summed E-state index contributed by atoms with van der Waals surface area (Å²) in [7, 11) is 1.00. The Morgan fingerprint density at radius 3 is 1.80 bits per heavy atom. The largest absolute Gasteiger partial charge is 0.457 e. The number of carbonyl (C=O) groups excluding carboxylic acids is 2. The van der Waals surface area contributed by atoms with Crippen molar-refractivity contribution >= 4 is 12.6 Å². The second-order valence-corrected chi connectivity index (χ2v) is 3.99. The van der Waals surface area contributed by atoms with E-state index >= 15 is 0 Å². The molecule has 0 amide bonds. The lowest BCUT2D eigenvalue weighted by molar-refractivity contribution is 0.112. The van der Waals surface area contributed by atoms with Crippen LogP contribution in [0.15, 0.2) is 42.5 Å². The molecule has 1 N–H and O–H groups in total. The van der Waals surface area contributed by atoms with Gasteiger partial charge in [-0.15, -0.1) is 0 Å². The van der Waals surface area contributed by atoms with Crippen LogP contribution in [0.1, 0.15) is 26.3 Å². The first-order chi connectivity index (χ1) is 9.71. The molecule has 0 aromatic heterocycles. The number of ether oxygens (including phenoxy) is 1. The van der Waals surface area contributed by atoms with Crippen molar-refractivity contribution in [2.24, 2.45) is 0 Å². The molecule has 0 aliphatic rings. The summed E-state index contributed by atoms with van der Waals surface area (Å²) in [6.45, 7) is 1.99. The van der Waals surface area contributed by atoms with Crippen LogP contribution in [0.3, 0.4) is 0 Å². The minimum absolute atomic E-state index is 0.418. The van der Waals surface area contributed by atoms with Gasteiger partial charge in [-0.1, -0.05) is 17.7 Å². The molecule has 0 atom stereocenters. The van der Waals surface area contributed by atoms with Crippen LogP contribution in [-0.2, 0) is 0 Å². The Kier molecular flexibility index (Phi) is 6.13. The van der Waals surface area contributed by atoms with Crippen molar-refractivity contribution in [3.63, 3.8) is 0 Å². The number of aliphatic hydroxyl groups is 1. The molecule has 2 aromatic carbocycles. The highest BCUT2D eigenvalue weighted by Gasteiger charge is 2.02. The third-order valence-corrected chi connectivity index (χ3v) is 2.48. The summed E-state index contributed by atoms with van der Waals surface area (Å²) in [5.74, 6) is 1.14.